The molecular weight excluding hydrogens is 266 g/mol. The highest BCUT2D eigenvalue weighted by molar-refractivity contribution is 5.32. The molecule has 0 bridgehead atoms. The van der Waals surface area contributed by atoms with Crippen LogP contribution in [-0.4, -0.2) is 77.9 Å². The van der Waals surface area contributed by atoms with Crippen molar-refractivity contribution in [1.29, 1.82) is 0 Å². The number of hydrogen-bond donors (Lipinski definition) is 4. The highest BCUT2D eigenvalue weighted by atomic mass is 16.5. The molecule has 0 atom stereocenters. The SMILES string of the molecule is OCCOCCNc1ncnc(NCCOCCO)n1. The predicted octanol–water partition coefficient (Wildman–Crippen LogP) is -1.29. The van der Waals surface area contributed by atoms with Crippen LogP contribution in [0.3, 0.4) is 0 Å². The molecule has 0 unspecified atom stereocenters. The second kappa shape index (κ2) is 11.3. The van der Waals surface area contributed by atoms with Gasteiger partial charge >= 0.3 is 0 Å². The standard InChI is InChI=1S/C11H21N5O4/c17-3-7-19-5-1-12-10-14-9-15-11(16-10)13-2-6-20-8-4-18/h9,17-18H,1-8H2,(H2,12,13,14,15,16). The largest absolute Gasteiger partial charge is 0.394 e. The highest BCUT2D eigenvalue weighted by Crippen LogP contribution is 2.00. The molecule has 1 heterocycles. The zero-order chi connectivity index (χ0) is 14.5. The second-order valence-electron chi connectivity index (χ2n) is 3.66. The van der Waals surface area contributed by atoms with Crippen LogP contribution in [0, 0.1) is 0 Å². The van der Waals surface area contributed by atoms with Crippen LogP contribution < -0.4 is 10.6 Å². The lowest BCUT2D eigenvalue weighted by atomic mass is 10.6. The molecule has 0 saturated carbocycles. The van der Waals surface area contributed by atoms with E-state index in [1.165, 1.54) is 6.33 Å². The molecule has 114 valence electrons. The van der Waals surface area contributed by atoms with Crippen molar-refractivity contribution in [3.8, 4) is 0 Å². The third-order valence-electron chi connectivity index (χ3n) is 2.10. The first-order valence-corrected chi connectivity index (χ1v) is 6.41. The lowest BCUT2D eigenvalue weighted by molar-refractivity contribution is 0.0990. The van der Waals surface area contributed by atoms with Crippen molar-refractivity contribution >= 4 is 11.9 Å². The Morgan fingerprint density at radius 2 is 1.35 bits per heavy atom. The molecule has 0 aliphatic carbocycles. The van der Waals surface area contributed by atoms with Crippen LogP contribution in [0.4, 0.5) is 11.9 Å². The minimum absolute atomic E-state index is 0.0121. The minimum atomic E-state index is 0.0121. The van der Waals surface area contributed by atoms with Crippen molar-refractivity contribution in [2.45, 2.75) is 0 Å². The molecule has 1 aromatic rings. The second-order valence-corrected chi connectivity index (χ2v) is 3.66. The summed E-state index contributed by atoms with van der Waals surface area (Å²) in [7, 11) is 0. The van der Waals surface area contributed by atoms with Crippen molar-refractivity contribution in [3.05, 3.63) is 6.33 Å². The van der Waals surface area contributed by atoms with Gasteiger partial charge in [0, 0.05) is 13.1 Å². The summed E-state index contributed by atoms with van der Waals surface area (Å²) >= 11 is 0. The molecule has 0 radical (unpaired) electrons. The summed E-state index contributed by atoms with van der Waals surface area (Å²) in [6.07, 6.45) is 1.40. The smallest absolute Gasteiger partial charge is 0.227 e. The van der Waals surface area contributed by atoms with Gasteiger partial charge in [-0.3, -0.25) is 0 Å². The number of rotatable bonds is 12. The topological polar surface area (TPSA) is 122 Å². The third kappa shape index (κ3) is 7.79. The van der Waals surface area contributed by atoms with Gasteiger partial charge in [0.25, 0.3) is 0 Å². The maximum Gasteiger partial charge on any atom is 0.227 e. The van der Waals surface area contributed by atoms with Gasteiger partial charge in [-0.1, -0.05) is 0 Å². The van der Waals surface area contributed by atoms with E-state index < -0.39 is 0 Å². The van der Waals surface area contributed by atoms with Crippen molar-refractivity contribution in [3.63, 3.8) is 0 Å². The minimum Gasteiger partial charge on any atom is -0.394 e. The molecular formula is C11H21N5O4. The van der Waals surface area contributed by atoms with Gasteiger partial charge in [-0.15, -0.1) is 0 Å². The van der Waals surface area contributed by atoms with Crippen LogP contribution in [0.2, 0.25) is 0 Å². The van der Waals surface area contributed by atoms with Gasteiger partial charge in [-0.25, -0.2) is 9.97 Å². The molecule has 0 saturated heterocycles. The number of hydrogen-bond acceptors (Lipinski definition) is 9. The van der Waals surface area contributed by atoms with E-state index in [-0.39, 0.29) is 13.2 Å². The third-order valence-corrected chi connectivity index (χ3v) is 2.10. The van der Waals surface area contributed by atoms with Gasteiger partial charge in [0.15, 0.2) is 0 Å². The summed E-state index contributed by atoms with van der Waals surface area (Å²) in [4.78, 5) is 12.1. The van der Waals surface area contributed by atoms with Gasteiger partial charge in [0.1, 0.15) is 6.33 Å². The van der Waals surface area contributed by atoms with Crippen molar-refractivity contribution in [1.82, 2.24) is 15.0 Å². The summed E-state index contributed by atoms with van der Waals surface area (Å²) in [5.74, 6) is 0.901. The number of ether oxygens (including phenoxy) is 2. The normalized spacial score (nSPS) is 10.5. The predicted molar refractivity (Wildman–Crippen MR) is 72.6 cm³/mol. The Labute approximate surface area is 117 Å². The summed E-state index contributed by atoms with van der Waals surface area (Å²) < 4.78 is 10.2. The highest BCUT2D eigenvalue weighted by Gasteiger charge is 1.99. The van der Waals surface area contributed by atoms with Crippen LogP contribution in [0.15, 0.2) is 6.33 Å². The fourth-order valence-electron chi connectivity index (χ4n) is 1.27. The molecule has 0 aliphatic heterocycles. The van der Waals surface area contributed by atoms with E-state index in [1.807, 2.05) is 0 Å². The van der Waals surface area contributed by atoms with Crippen LogP contribution >= 0.6 is 0 Å². The van der Waals surface area contributed by atoms with Gasteiger partial charge < -0.3 is 30.3 Å². The van der Waals surface area contributed by atoms with Crippen molar-refractivity contribution < 1.29 is 19.7 Å². The monoisotopic (exact) mass is 287 g/mol. The number of aliphatic hydroxyl groups is 2. The average Bonchev–Trinajstić information content (AvgIpc) is 2.47. The molecule has 9 nitrogen and oxygen atoms in total. The van der Waals surface area contributed by atoms with Crippen molar-refractivity contribution in [2.75, 3.05) is 63.4 Å². The van der Waals surface area contributed by atoms with Gasteiger partial charge in [-0.05, 0) is 0 Å². The van der Waals surface area contributed by atoms with Crippen LogP contribution in [0.1, 0.15) is 0 Å². The van der Waals surface area contributed by atoms with E-state index >= 15 is 0 Å². The Kier molecular flexibility index (Phi) is 9.32. The number of nitrogens with zero attached hydrogens (tertiary/aromatic N) is 3. The molecule has 20 heavy (non-hydrogen) atoms. The first-order chi connectivity index (χ1) is 9.86. The maximum atomic E-state index is 8.54. The zero-order valence-electron chi connectivity index (χ0n) is 11.3. The van der Waals surface area contributed by atoms with Gasteiger partial charge in [0.2, 0.25) is 11.9 Å². The number of aromatic nitrogens is 3. The fraction of sp³-hybridized carbons (Fsp3) is 0.727. The van der Waals surface area contributed by atoms with Crippen molar-refractivity contribution in [2.24, 2.45) is 0 Å². The summed E-state index contributed by atoms with van der Waals surface area (Å²) in [6.45, 7) is 2.68. The Hall–Kier alpha value is -1.55. The number of aliphatic hydroxyl groups excluding tert-OH is 2. The molecule has 1 rings (SSSR count). The lowest BCUT2D eigenvalue weighted by Gasteiger charge is -2.07. The van der Waals surface area contributed by atoms with Gasteiger partial charge in [0.05, 0.1) is 39.6 Å². The first-order valence-electron chi connectivity index (χ1n) is 6.41. The molecule has 4 N–H and O–H groups in total. The average molecular weight is 287 g/mol. The van der Waals surface area contributed by atoms with Crippen LogP contribution in [0.25, 0.3) is 0 Å². The van der Waals surface area contributed by atoms with E-state index in [2.05, 4.69) is 25.6 Å². The van der Waals surface area contributed by atoms with E-state index in [9.17, 15) is 0 Å². The molecule has 0 fully saturated rings. The Bertz CT molecular complexity index is 326. The summed E-state index contributed by atoms with van der Waals surface area (Å²) in [5.41, 5.74) is 0. The zero-order valence-corrected chi connectivity index (χ0v) is 11.3. The van der Waals surface area contributed by atoms with E-state index in [0.717, 1.165) is 0 Å². The molecule has 0 amide bonds. The number of anilines is 2. The van der Waals surface area contributed by atoms with Crippen LogP contribution in [-0.2, 0) is 9.47 Å². The quantitative estimate of drug-likeness (QED) is 0.348. The maximum absolute atomic E-state index is 8.54. The molecule has 0 aliphatic rings. The van der Waals surface area contributed by atoms with E-state index in [4.69, 9.17) is 19.7 Å². The fourth-order valence-corrected chi connectivity index (χ4v) is 1.27. The summed E-state index contributed by atoms with van der Waals surface area (Å²) in [6, 6.07) is 0. The molecule has 0 aromatic carbocycles. The van der Waals surface area contributed by atoms with Crippen LogP contribution in [0.5, 0.6) is 0 Å². The first kappa shape index (κ1) is 16.5. The molecule has 0 spiro atoms. The Morgan fingerprint density at radius 3 is 1.80 bits per heavy atom. The lowest BCUT2D eigenvalue weighted by Crippen LogP contribution is -2.16. The number of nitrogens with one attached hydrogen (secondary N) is 2. The molecule has 9 heteroatoms. The van der Waals surface area contributed by atoms with E-state index in [1.54, 1.807) is 0 Å². The Morgan fingerprint density at radius 1 is 0.850 bits per heavy atom. The molecule has 1 aromatic heterocycles. The Balaban J connectivity index is 2.19. The summed E-state index contributed by atoms with van der Waals surface area (Å²) in [5, 5.41) is 23.1. The van der Waals surface area contributed by atoms with E-state index in [0.29, 0.717) is 51.4 Å². The van der Waals surface area contributed by atoms with Gasteiger partial charge in [-0.2, -0.15) is 4.98 Å².